The molecule has 0 nitrogen and oxygen atoms in total. The van der Waals surface area contributed by atoms with E-state index < -0.39 is 0 Å². The van der Waals surface area contributed by atoms with Crippen LogP contribution in [0.15, 0.2) is 67.3 Å². The molecule has 0 N–H and O–H groups in total. The Labute approximate surface area is 147 Å². The fourth-order valence-electron chi connectivity index (χ4n) is 3.63. The first kappa shape index (κ1) is 16.8. The molecule has 0 saturated heterocycles. The van der Waals surface area contributed by atoms with Crippen molar-refractivity contribution in [3.63, 3.8) is 0 Å². The number of allylic oxidation sites excluding steroid dienone is 8. The third-order valence-electron chi connectivity index (χ3n) is 5.45. The fourth-order valence-corrected chi connectivity index (χ4v) is 3.63. The molecule has 0 heteroatoms. The van der Waals surface area contributed by atoms with E-state index in [1.165, 1.54) is 52.7 Å². The summed E-state index contributed by atoms with van der Waals surface area (Å²) in [5, 5.41) is 0. The third-order valence-corrected chi connectivity index (χ3v) is 5.45. The molecule has 3 rings (SSSR count). The van der Waals surface area contributed by atoms with Crippen LogP contribution < -0.4 is 0 Å². The Kier molecular flexibility index (Phi) is 5.04. The summed E-state index contributed by atoms with van der Waals surface area (Å²) in [7, 11) is 0. The molecule has 0 spiro atoms. The lowest BCUT2D eigenvalue weighted by Gasteiger charge is -2.29. The molecule has 0 aliphatic heterocycles. The van der Waals surface area contributed by atoms with E-state index in [1.807, 2.05) is 6.08 Å². The zero-order chi connectivity index (χ0) is 17.1. The van der Waals surface area contributed by atoms with Crippen molar-refractivity contribution in [2.24, 2.45) is 11.8 Å². The van der Waals surface area contributed by atoms with Gasteiger partial charge in [0.15, 0.2) is 0 Å². The van der Waals surface area contributed by atoms with Crippen molar-refractivity contribution in [3.8, 4) is 0 Å². The summed E-state index contributed by atoms with van der Waals surface area (Å²) >= 11 is 0. The van der Waals surface area contributed by atoms with Crippen LogP contribution in [0.3, 0.4) is 0 Å². The SMILES string of the molecule is C=C/C(=C(\C=C)C1CCC1)c1cc(C2=CCC(C)C=C2)ccc1C. The molecular weight excluding hydrogens is 288 g/mol. The molecule has 124 valence electrons. The van der Waals surface area contributed by atoms with E-state index in [9.17, 15) is 0 Å². The quantitative estimate of drug-likeness (QED) is 0.518. The molecule has 0 heterocycles. The largest absolute Gasteiger partial charge is 0.0988 e. The lowest BCUT2D eigenvalue weighted by molar-refractivity contribution is 0.375. The highest BCUT2D eigenvalue weighted by Gasteiger charge is 2.23. The Bertz CT molecular complexity index is 735. The van der Waals surface area contributed by atoms with Gasteiger partial charge in [0.1, 0.15) is 0 Å². The van der Waals surface area contributed by atoms with Crippen molar-refractivity contribution in [1.29, 1.82) is 0 Å². The predicted octanol–water partition coefficient (Wildman–Crippen LogP) is 6.90. The minimum Gasteiger partial charge on any atom is -0.0988 e. The Morgan fingerprint density at radius 2 is 1.96 bits per heavy atom. The molecule has 0 aromatic heterocycles. The zero-order valence-electron chi connectivity index (χ0n) is 15.0. The number of hydrogen-bond donors (Lipinski definition) is 0. The summed E-state index contributed by atoms with van der Waals surface area (Å²) in [6.07, 6.45) is 16.0. The summed E-state index contributed by atoms with van der Waals surface area (Å²) in [5.74, 6) is 1.31. The van der Waals surface area contributed by atoms with Gasteiger partial charge in [-0.15, -0.1) is 0 Å². The minimum absolute atomic E-state index is 0.647. The van der Waals surface area contributed by atoms with Gasteiger partial charge in [-0.2, -0.15) is 0 Å². The van der Waals surface area contributed by atoms with Gasteiger partial charge in [-0.05, 0) is 77.5 Å². The summed E-state index contributed by atoms with van der Waals surface area (Å²) in [6.45, 7) is 12.6. The molecule has 0 bridgehead atoms. The molecule has 1 fully saturated rings. The first-order chi connectivity index (χ1) is 11.6. The Balaban J connectivity index is 2.05. The summed E-state index contributed by atoms with van der Waals surface area (Å²) in [6, 6.07) is 6.81. The number of rotatable bonds is 5. The van der Waals surface area contributed by atoms with E-state index >= 15 is 0 Å². The zero-order valence-corrected chi connectivity index (χ0v) is 15.0. The highest BCUT2D eigenvalue weighted by atomic mass is 14.3. The van der Waals surface area contributed by atoms with Gasteiger partial charge in [-0.1, -0.05) is 69.0 Å². The first-order valence-corrected chi connectivity index (χ1v) is 9.12. The van der Waals surface area contributed by atoms with E-state index in [0.29, 0.717) is 11.8 Å². The number of hydrogen-bond acceptors (Lipinski definition) is 0. The number of aryl methyl sites for hydroxylation is 1. The van der Waals surface area contributed by atoms with Crippen molar-refractivity contribution in [1.82, 2.24) is 0 Å². The Morgan fingerprint density at radius 3 is 2.50 bits per heavy atom. The van der Waals surface area contributed by atoms with E-state index in [4.69, 9.17) is 0 Å². The maximum atomic E-state index is 4.11. The molecule has 24 heavy (non-hydrogen) atoms. The van der Waals surface area contributed by atoms with E-state index in [0.717, 1.165) is 6.42 Å². The van der Waals surface area contributed by atoms with Crippen molar-refractivity contribution in [2.45, 2.75) is 39.5 Å². The highest BCUT2D eigenvalue weighted by molar-refractivity contribution is 5.84. The van der Waals surface area contributed by atoms with Crippen LogP contribution in [0.1, 0.15) is 49.3 Å². The van der Waals surface area contributed by atoms with Crippen LogP contribution in [0.5, 0.6) is 0 Å². The molecule has 2 aliphatic carbocycles. The summed E-state index contributed by atoms with van der Waals surface area (Å²) in [4.78, 5) is 0. The molecule has 0 radical (unpaired) electrons. The van der Waals surface area contributed by atoms with Crippen molar-refractivity contribution in [2.75, 3.05) is 0 Å². The third kappa shape index (κ3) is 3.24. The summed E-state index contributed by atoms with van der Waals surface area (Å²) in [5.41, 5.74) is 7.89. The molecule has 1 aromatic carbocycles. The first-order valence-electron chi connectivity index (χ1n) is 9.12. The van der Waals surface area contributed by atoms with Crippen LogP contribution in [0.4, 0.5) is 0 Å². The topological polar surface area (TPSA) is 0 Å². The van der Waals surface area contributed by atoms with Gasteiger partial charge in [0.25, 0.3) is 0 Å². The molecule has 1 unspecified atom stereocenters. The second-order valence-corrected chi connectivity index (χ2v) is 7.17. The van der Waals surface area contributed by atoms with Crippen molar-refractivity contribution < 1.29 is 0 Å². The average Bonchev–Trinajstić information content (AvgIpc) is 2.55. The smallest absolute Gasteiger partial charge is 0.0146 e. The van der Waals surface area contributed by atoms with Crippen LogP contribution in [-0.2, 0) is 0 Å². The van der Waals surface area contributed by atoms with Crippen molar-refractivity contribution in [3.05, 3.63) is 84.0 Å². The standard InChI is InChI=1S/C24H28/c1-5-22(20-8-7-9-20)23(6-2)24-16-21(15-12-18(24)4)19-13-10-17(3)11-14-19/h5-6,10,12-17,20H,1-2,7-9,11H2,3-4H3/b23-22-. The molecular formula is C24H28. The predicted molar refractivity (Wildman–Crippen MR) is 107 cm³/mol. The lowest BCUT2D eigenvalue weighted by Crippen LogP contribution is -2.14. The van der Waals surface area contributed by atoms with Crippen LogP contribution in [0, 0.1) is 18.8 Å². The van der Waals surface area contributed by atoms with Crippen molar-refractivity contribution >= 4 is 11.1 Å². The van der Waals surface area contributed by atoms with E-state index in [1.54, 1.807) is 0 Å². The van der Waals surface area contributed by atoms with Gasteiger partial charge < -0.3 is 0 Å². The molecule has 1 saturated carbocycles. The number of benzene rings is 1. The second kappa shape index (κ2) is 7.21. The monoisotopic (exact) mass is 316 g/mol. The lowest BCUT2D eigenvalue weighted by atomic mass is 9.76. The van der Waals surface area contributed by atoms with E-state index in [-0.39, 0.29) is 0 Å². The molecule has 1 aromatic rings. The van der Waals surface area contributed by atoms with Gasteiger partial charge in [0, 0.05) is 0 Å². The van der Waals surface area contributed by atoms with Gasteiger partial charge in [0.05, 0.1) is 0 Å². The second-order valence-electron chi connectivity index (χ2n) is 7.17. The molecule has 2 aliphatic rings. The van der Waals surface area contributed by atoms with Crippen LogP contribution in [0.25, 0.3) is 11.1 Å². The Hall–Kier alpha value is -2.08. The van der Waals surface area contributed by atoms with Gasteiger partial charge in [0.2, 0.25) is 0 Å². The van der Waals surface area contributed by atoms with Crippen LogP contribution in [-0.4, -0.2) is 0 Å². The summed E-state index contributed by atoms with van der Waals surface area (Å²) < 4.78 is 0. The highest BCUT2D eigenvalue weighted by Crippen LogP contribution is 2.39. The van der Waals surface area contributed by atoms with Gasteiger partial charge in [-0.25, -0.2) is 0 Å². The van der Waals surface area contributed by atoms with Crippen LogP contribution >= 0.6 is 0 Å². The fraction of sp³-hybridized carbons (Fsp3) is 0.333. The maximum Gasteiger partial charge on any atom is -0.0146 e. The minimum atomic E-state index is 0.647. The van der Waals surface area contributed by atoms with Crippen LogP contribution in [0.2, 0.25) is 0 Å². The van der Waals surface area contributed by atoms with E-state index in [2.05, 4.69) is 69.5 Å². The normalized spacial score (nSPS) is 21.6. The van der Waals surface area contributed by atoms with Gasteiger partial charge in [-0.3, -0.25) is 0 Å². The molecule has 0 amide bonds. The van der Waals surface area contributed by atoms with Gasteiger partial charge >= 0.3 is 0 Å². The Morgan fingerprint density at radius 1 is 1.17 bits per heavy atom. The molecule has 1 atom stereocenters. The average molecular weight is 316 g/mol. The maximum absolute atomic E-state index is 4.11.